The maximum absolute atomic E-state index is 11.8. The van der Waals surface area contributed by atoms with E-state index in [1.54, 1.807) is 0 Å². The standard InChI is InChI=1S/C11H20N2OS/c14-11-1-4-12-5-6-13(11)9-10-2-7-15-8-3-10/h10,12H,1-9H2. The first-order valence-electron chi connectivity index (χ1n) is 5.92. The Morgan fingerprint density at radius 3 is 2.93 bits per heavy atom. The summed E-state index contributed by atoms with van der Waals surface area (Å²) in [4.78, 5) is 13.8. The molecule has 2 aliphatic heterocycles. The van der Waals surface area contributed by atoms with Crippen molar-refractivity contribution < 1.29 is 4.79 Å². The number of nitrogens with one attached hydrogen (secondary N) is 1. The number of carbonyl (C=O) groups is 1. The Morgan fingerprint density at radius 2 is 2.13 bits per heavy atom. The van der Waals surface area contributed by atoms with E-state index in [4.69, 9.17) is 0 Å². The van der Waals surface area contributed by atoms with Gasteiger partial charge in [0.25, 0.3) is 0 Å². The van der Waals surface area contributed by atoms with Gasteiger partial charge in [-0.05, 0) is 30.3 Å². The van der Waals surface area contributed by atoms with E-state index in [1.165, 1.54) is 24.3 Å². The van der Waals surface area contributed by atoms with Crippen molar-refractivity contribution in [3.8, 4) is 0 Å². The molecule has 1 amide bonds. The zero-order valence-corrected chi connectivity index (χ0v) is 10.0. The molecule has 0 aromatic rings. The van der Waals surface area contributed by atoms with E-state index in [-0.39, 0.29) is 0 Å². The van der Waals surface area contributed by atoms with Crippen molar-refractivity contribution >= 4 is 17.7 Å². The fourth-order valence-corrected chi connectivity index (χ4v) is 3.46. The zero-order chi connectivity index (χ0) is 10.5. The van der Waals surface area contributed by atoms with Gasteiger partial charge in [0.1, 0.15) is 0 Å². The Balaban J connectivity index is 1.82. The van der Waals surface area contributed by atoms with Gasteiger partial charge in [-0.1, -0.05) is 0 Å². The maximum Gasteiger partial charge on any atom is 0.223 e. The highest BCUT2D eigenvalue weighted by molar-refractivity contribution is 7.99. The van der Waals surface area contributed by atoms with Gasteiger partial charge in [0, 0.05) is 32.6 Å². The second kappa shape index (κ2) is 5.75. The normalized spacial score (nSPS) is 25.3. The third kappa shape index (κ3) is 3.38. The Kier molecular flexibility index (Phi) is 4.32. The summed E-state index contributed by atoms with van der Waals surface area (Å²) in [6.45, 7) is 3.73. The van der Waals surface area contributed by atoms with E-state index >= 15 is 0 Å². The monoisotopic (exact) mass is 228 g/mol. The molecule has 1 N–H and O–H groups in total. The van der Waals surface area contributed by atoms with Crippen LogP contribution in [0.4, 0.5) is 0 Å². The first-order chi connectivity index (χ1) is 7.36. The van der Waals surface area contributed by atoms with Crippen molar-refractivity contribution in [1.82, 2.24) is 10.2 Å². The van der Waals surface area contributed by atoms with E-state index in [9.17, 15) is 4.79 Å². The molecular weight excluding hydrogens is 208 g/mol. The number of amides is 1. The van der Waals surface area contributed by atoms with E-state index < -0.39 is 0 Å². The number of hydrogen-bond donors (Lipinski definition) is 1. The lowest BCUT2D eigenvalue weighted by Crippen LogP contribution is -2.37. The molecule has 15 heavy (non-hydrogen) atoms. The fraction of sp³-hybridized carbons (Fsp3) is 0.909. The summed E-state index contributed by atoms with van der Waals surface area (Å²) >= 11 is 2.05. The molecule has 2 fully saturated rings. The molecule has 0 bridgehead atoms. The van der Waals surface area contributed by atoms with Gasteiger partial charge in [-0.3, -0.25) is 4.79 Å². The molecule has 86 valence electrons. The first-order valence-corrected chi connectivity index (χ1v) is 7.08. The van der Waals surface area contributed by atoms with E-state index in [0.29, 0.717) is 12.3 Å². The van der Waals surface area contributed by atoms with Gasteiger partial charge in [-0.2, -0.15) is 11.8 Å². The molecular formula is C11H20N2OS. The highest BCUT2D eigenvalue weighted by Gasteiger charge is 2.21. The van der Waals surface area contributed by atoms with Crippen LogP contribution in [-0.4, -0.2) is 48.5 Å². The van der Waals surface area contributed by atoms with Crippen LogP contribution < -0.4 is 5.32 Å². The van der Waals surface area contributed by atoms with E-state index in [1.807, 2.05) is 11.8 Å². The summed E-state index contributed by atoms with van der Waals surface area (Å²) in [5.74, 6) is 3.67. The van der Waals surface area contributed by atoms with Gasteiger partial charge >= 0.3 is 0 Å². The molecule has 0 saturated carbocycles. The average molecular weight is 228 g/mol. The van der Waals surface area contributed by atoms with Gasteiger partial charge < -0.3 is 10.2 Å². The van der Waals surface area contributed by atoms with Crippen LogP contribution in [0.5, 0.6) is 0 Å². The minimum Gasteiger partial charge on any atom is -0.341 e. The summed E-state index contributed by atoms with van der Waals surface area (Å²) in [6, 6.07) is 0. The van der Waals surface area contributed by atoms with Gasteiger partial charge in [-0.25, -0.2) is 0 Å². The lowest BCUT2D eigenvalue weighted by Gasteiger charge is -2.28. The summed E-state index contributed by atoms with van der Waals surface area (Å²) in [5, 5.41) is 3.28. The van der Waals surface area contributed by atoms with Crippen LogP contribution in [0.15, 0.2) is 0 Å². The quantitative estimate of drug-likeness (QED) is 0.764. The third-order valence-corrected chi connectivity index (χ3v) is 4.30. The molecule has 0 atom stereocenters. The highest BCUT2D eigenvalue weighted by atomic mass is 32.2. The summed E-state index contributed by atoms with van der Waals surface area (Å²) in [5.41, 5.74) is 0. The van der Waals surface area contributed by atoms with Gasteiger partial charge in [0.15, 0.2) is 0 Å². The second-order valence-corrected chi connectivity index (χ2v) is 5.62. The van der Waals surface area contributed by atoms with Crippen LogP contribution in [0.2, 0.25) is 0 Å². The number of thioether (sulfide) groups is 1. The predicted molar refractivity (Wildman–Crippen MR) is 64.1 cm³/mol. The minimum absolute atomic E-state index is 0.346. The molecule has 0 radical (unpaired) electrons. The van der Waals surface area contributed by atoms with E-state index in [2.05, 4.69) is 10.2 Å². The van der Waals surface area contributed by atoms with Crippen LogP contribution in [0.25, 0.3) is 0 Å². The molecule has 0 aromatic carbocycles. The van der Waals surface area contributed by atoms with Crippen molar-refractivity contribution in [3.05, 3.63) is 0 Å². The first kappa shape index (κ1) is 11.3. The second-order valence-electron chi connectivity index (χ2n) is 4.40. The molecule has 2 rings (SSSR count). The highest BCUT2D eigenvalue weighted by Crippen LogP contribution is 2.23. The Labute approximate surface area is 96.0 Å². The van der Waals surface area contributed by atoms with Crippen molar-refractivity contribution in [2.75, 3.05) is 37.7 Å². The number of rotatable bonds is 2. The summed E-state index contributed by atoms with van der Waals surface area (Å²) in [7, 11) is 0. The average Bonchev–Trinajstić information content (AvgIpc) is 2.46. The lowest BCUT2D eigenvalue weighted by molar-refractivity contribution is -0.131. The van der Waals surface area contributed by atoms with Gasteiger partial charge in [-0.15, -0.1) is 0 Å². The zero-order valence-electron chi connectivity index (χ0n) is 9.21. The van der Waals surface area contributed by atoms with Crippen molar-refractivity contribution in [2.45, 2.75) is 19.3 Å². The molecule has 0 aliphatic carbocycles. The SMILES string of the molecule is O=C1CCNCCN1CC1CCSCC1. The van der Waals surface area contributed by atoms with Crippen LogP contribution in [0.3, 0.4) is 0 Å². The number of hydrogen-bond acceptors (Lipinski definition) is 3. The fourth-order valence-electron chi connectivity index (χ4n) is 2.25. The Morgan fingerprint density at radius 1 is 1.33 bits per heavy atom. The molecule has 2 heterocycles. The van der Waals surface area contributed by atoms with Crippen LogP contribution in [0.1, 0.15) is 19.3 Å². The lowest BCUT2D eigenvalue weighted by atomic mass is 10.0. The Bertz CT molecular complexity index is 217. The van der Waals surface area contributed by atoms with E-state index in [0.717, 1.165) is 32.1 Å². The minimum atomic E-state index is 0.346. The molecule has 2 aliphatic rings. The van der Waals surface area contributed by atoms with Crippen LogP contribution in [-0.2, 0) is 4.79 Å². The van der Waals surface area contributed by atoms with Gasteiger partial charge in [0.05, 0.1) is 0 Å². The predicted octanol–water partition coefficient (Wildman–Crippen LogP) is 0.952. The molecule has 0 aromatic heterocycles. The van der Waals surface area contributed by atoms with Crippen molar-refractivity contribution in [3.63, 3.8) is 0 Å². The van der Waals surface area contributed by atoms with Crippen LogP contribution >= 0.6 is 11.8 Å². The summed E-state index contributed by atoms with van der Waals surface area (Å²) in [6.07, 6.45) is 3.27. The van der Waals surface area contributed by atoms with Crippen molar-refractivity contribution in [1.29, 1.82) is 0 Å². The molecule has 3 nitrogen and oxygen atoms in total. The number of carbonyl (C=O) groups excluding carboxylic acids is 1. The maximum atomic E-state index is 11.8. The summed E-state index contributed by atoms with van der Waals surface area (Å²) < 4.78 is 0. The molecule has 0 spiro atoms. The van der Waals surface area contributed by atoms with Gasteiger partial charge in [0.2, 0.25) is 5.91 Å². The Hall–Kier alpha value is -0.220. The smallest absolute Gasteiger partial charge is 0.223 e. The molecule has 2 saturated heterocycles. The number of nitrogens with zero attached hydrogens (tertiary/aromatic N) is 1. The van der Waals surface area contributed by atoms with Crippen molar-refractivity contribution in [2.24, 2.45) is 5.92 Å². The van der Waals surface area contributed by atoms with Crippen LogP contribution in [0, 0.1) is 5.92 Å². The third-order valence-electron chi connectivity index (χ3n) is 3.25. The molecule has 4 heteroatoms. The topological polar surface area (TPSA) is 32.3 Å². The molecule has 0 unspecified atom stereocenters. The largest absolute Gasteiger partial charge is 0.341 e.